The fourth-order valence-corrected chi connectivity index (χ4v) is 0.745. The molecule has 0 bridgehead atoms. The van der Waals surface area contributed by atoms with E-state index in [0.29, 0.717) is 11.4 Å². The second kappa shape index (κ2) is 2.43. The van der Waals surface area contributed by atoms with E-state index in [1.807, 2.05) is 0 Å². The van der Waals surface area contributed by atoms with Crippen molar-refractivity contribution in [1.82, 2.24) is 9.55 Å². The number of hydrogen-bond donors (Lipinski definition) is 2. The van der Waals surface area contributed by atoms with Crippen LogP contribution in [0.3, 0.4) is 0 Å². The Bertz CT molecular complexity index is 261. The lowest BCUT2D eigenvalue weighted by Crippen LogP contribution is -1.95. The zero-order valence-corrected chi connectivity index (χ0v) is 5.63. The van der Waals surface area contributed by atoms with E-state index in [1.54, 1.807) is 17.9 Å². The summed E-state index contributed by atoms with van der Waals surface area (Å²) in [5, 5.41) is 13.9. The van der Waals surface area contributed by atoms with Crippen LogP contribution in [0, 0.1) is 10.8 Å². The van der Waals surface area contributed by atoms with Gasteiger partial charge in [-0.2, -0.15) is 0 Å². The van der Waals surface area contributed by atoms with Crippen LogP contribution in [-0.4, -0.2) is 22.0 Å². The average molecular weight is 136 g/mol. The number of aromatic nitrogens is 2. The molecular formula is C6H8N4. The first-order chi connectivity index (χ1) is 4.79. The molecule has 2 N–H and O–H groups in total. The van der Waals surface area contributed by atoms with Gasteiger partial charge in [0.2, 0.25) is 0 Å². The molecule has 0 saturated heterocycles. The van der Waals surface area contributed by atoms with Crippen molar-refractivity contribution < 1.29 is 0 Å². The molecule has 0 spiro atoms. The van der Waals surface area contributed by atoms with E-state index in [9.17, 15) is 0 Å². The highest BCUT2D eigenvalue weighted by atomic mass is 15.0. The summed E-state index contributed by atoms with van der Waals surface area (Å²) in [6.07, 6.45) is 3.91. The maximum Gasteiger partial charge on any atom is 0.108 e. The summed E-state index contributed by atoms with van der Waals surface area (Å²) in [6, 6.07) is 0. The molecule has 0 aliphatic rings. The van der Waals surface area contributed by atoms with Crippen molar-refractivity contribution in [2.75, 3.05) is 0 Å². The first-order valence-electron chi connectivity index (χ1n) is 2.82. The monoisotopic (exact) mass is 136 g/mol. The number of rotatable bonds is 2. The second-order valence-corrected chi connectivity index (χ2v) is 1.91. The predicted octanol–water partition coefficient (Wildman–Crippen LogP) is 0.415. The van der Waals surface area contributed by atoms with Gasteiger partial charge in [0.15, 0.2) is 0 Å². The number of hydrogen-bond acceptors (Lipinski definition) is 3. The summed E-state index contributed by atoms with van der Waals surface area (Å²) in [7, 11) is 1.79. The molecule has 4 heteroatoms. The van der Waals surface area contributed by atoms with Gasteiger partial charge in [-0.15, -0.1) is 0 Å². The Hall–Kier alpha value is -1.45. The summed E-state index contributed by atoms with van der Waals surface area (Å²) in [5.74, 6) is 0. The zero-order chi connectivity index (χ0) is 7.56. The fourth-order valence-electron chi connectivity index (χ4n) is 0.745. The third-order valence-electron chi connectivity index (χ3n) is 1.29. The maximum atomic E-state index is 6.96. The number of aryl methyl sites for hydroxylation is 1. The molecule has 0 atom stereocenters. The summed E-state index contributed by atoms with van der Waals surface area (Å²) in [5.41, 5.74) is 1.20. The molecule has 1 heterocycles. The second-order valence-electron chi connectivity index (χ2n) is 1.91. The first kappa shape index (κ1) is 6.67. The van der Waals surface area contributed by atoms with Gasteiger partial charge in [-0.3, -0.25) is 0 Å². The molecule has 0 fully saturated rings. The summed E-state index contributed by atoms with van der Waals surface area (Å²) in [4.78, 5) is 3.87. The van der Waals surface area contributed by atoms with E-state index in [-0.39, 0.29) is 0 Å². The Morgan fingerprint density at radius 2 is 2.20 bits per heavy atom. The molecule has 1 aromatic rings. The minimum absolute atomic E-state index is 0.539. The van der Waals surface area contributed by atoms with E-state index in [1.165, 1.54) is 6.21 Å². The third-order valence-corrected chi connectivity index (χ3v) is 1.29. The number of nitrogens with one attached hydrogen (secondary N) is 2. The summed E-state index contributed by atoms with van der Waals surface area (Å²) in [6.45, 7) is 0. The van der Waals surface area contributed by atoms with E-state index >= 15 is 0 Å². The molecule has 0 aromatic carbocycles. The number of imidazole rings is 1. The van der Waals surface area contributed by atoms with Crippen molar-refractivity contribution in [3.8, 4) is 0 Å². The lowest BCUT2D eigenvalue weighted by Gasteiger charge is -1.91. The molecule has 0 aliphatic carbocycles. The molecule has 1 aromatic heterocycles. The van der Waals surface area contributed by atoms with E-state index < -0.39 is 0 Å². The molecule has 10 heavy (non-hydrogen) atoms. The zero-order valence-electron chi connectivity index (χ0n) is 5.63. The number of nitrogens with zero attached hydrogens (tertiary/aromatic N) is 2. The van der Waals surface area contributed by atoms with Crippen LogP contribution in [0.5, 0.6) is 0 Å². The van der Waals surface area contributed by atoms with Crippen LogP contribution in [0.2, 0.25) is 0 Å². The van der Waals surface area contributed by atoms with Gasteiger partial charge in [0.05, 0.1) is 12.0 Å². The van der Waals surface area contributed by atoms with Crippen molar-refractivity contribution in [1.29, 1.82) is 10.8 Å². The first-order valence-corrected chi connectivity index (χ1v) is 2.82. The lowest BCUT2D eigenvalue weighted by molar-refractivity contribution is 0.904. The highest BCUT2D eigenvalue weighted by Gasteiger charge is 2.00. The molecule has 0 saturated carbocycles. The Morgan fingerprint density at radius 3 is 2.60 bits per heavy atom. The normalized spacial score (nSPS) is 9.30. The third kappa shape index (κ3) is 0.834. The fraction of sp³-hybridized carbons (Fsp3) is 0.167. The van der Waals surface area contributed by atoms with Gasteiger partial charge in [-0.1, -0.05) is 0 Å². The quantitative estimate of drug-likeness (QED) is 0.568. The van der Waals surface area contributed by atoms with Crippen LogP contribution in [-0.2, 0) is 7.05 Å². The Balaban J connectivity index is 3.25. The van der Waals surface area contributed by atoms with Crippen LogP contribution in [0.1, 0.15) is 11.4 Å². The van der Waals surface area contributed by atoms with Gasteiger partial charge in [0.1, 0.15) is 5.69 Å². The average Bonchev–Trinajstić information content (AvgIpc) is 2.30. The van der Waals surface area contributed by atoms with Crippen molar-refractivity contribution in [2.24, 2.45) is 7.05 Å². The van der Waals surface area contributed by atoms with Crippen LogP contribution >= 0.6 is 0 Å². The van der Waals surface area contributed by atoms with Gasteiger partial charge >= 0.3 is 0 Å². The van der Waals surface area contributed by atoms with E-state index in [2.05, 4.69) is 4.98 Å². The summed E-state index contributed by atoms with van der Waals surface area (Å²) >= 11 is 0. The van der Waals surface area contributed by atoms with Crippen LogP contribution in [0.4, 0.5) is 0 Å². The molecule has 0 amide bonds. The lowest BCUT2D eigenvalue weighted by atomic mass is 10.3. The van der Waals surface area contributed by atoms with Crippen molar-refractivity contribution in [3.05, 3.63) is 17.7 Å². The van der Waals surface area contributed by atoms with Crippen molar-refractivity contribution >= 4 is 12.4 Å². The van der Waals surface area contributed by atoms with Crippen molar-refractivity contribution in [3.63, 3.8) is 0 Å². The van der Waals surface area contributed by atoms with Gasteiger partial charge in [0, 0.05) is 19.5 Å². The Kier molecular flexibility index (Phi) is 1.62. The van der Waals surface area contributed by atoms with Crippen LogP contribution < -0.4 is 0 Å². The Morgan fingerprint density at radius 1 is 1.50 bits per heavy atom. The molecule has 0 radical (unpaired) electrons. The highest BCUT2D eigenvalue weighted by molar-refractivity contribution is 5.88. The predicted molar refractivity (Wildman–Crippen MR) is 39.0 cm³/mol. The molecular weight excluding hydrogens is 128 g/mol. The molecule has 1 rings (SSSR count). The van der Waals surface area contributed by atoms with Crippen LogP contribution in [0.25, 0.3) is 0 Å². The summed E-state index contributed by atoms with van der Waals surface area (Å²) < 4.78 is 1.70. The van der Waals surface area contributed by atoms with Gasteiger partial charge < -0.3 is 15.4 Å². The van der Waals surface area contributed by atoms with Gasteiger partial charge in [-0.25, -0.2) is 4.98 Å². The van der Waals surface area contributed by atoms with Gasteiger partial charge in [-0.05, 0) is 0 Å². The van der Waals surface area contributed by atoms with Crippen LogP contribution in [0.15, 0.2) is 6.33 Å². The minimum atomic E-state index is 0.539. The minimum Gasteiger partial charge on any atom is -0.332 e. The SMILES string of the molecule is Cn1cnc(C=N)c1C=N. The maximum absolute atomic E-state index is 6.96. The van der Waals surface area contributed by atoms with Gasteiger partial charge in [0.25, 0.3) is 0 Å². The smallest absolute Gasteiger partial charge is 0.108 e. The molecule has 4 nitrogen and oxygen atoms in total. The highest BCUT2D eigenvalue weighted by Crippen LogP contribution is 1.98. The van der Waals surface area contributed by atoms with E-state index in [4.69, 9.17) is 10.8 Å². The van der Waals surface area contributed by atoms with Crippen molar-refractivity contribution in [2.45, 2.75) is 0 Å². The molecule has 52 valence electrons. The standard InChI is InChI=1S/C6H8N4/c1-10-4-9-5(2-7)6(10)3-8/h2-4,7-8H,1H3. The molecule has 0 aliphatic heterocycles. The molecule has 0 unspecified atom stereocenters. The van der Waals surface area contributed by atoms with E-state index in [0.717, 1.165) is 6.21 Å². The Labute approximate surface area is 58.5 Å². The largest absolute Gasteiger partial charge is 0.332 e. The topological polar surface area (TPSA) is 65.5 Å².